The predicted molar refractivity (Wildman–Crippen MR) is 137 cm³/mol. The van der Waals surface area contributed by atoms with Crippen molar-refractivity contribution in [1.82, 2.24) is 15.1 Å². The van der Waals surface area contributed by atoms with E-state index in [0.717, 1.165) is 63.6 Å². The SMILES string of the molecule is CC1(C)CCC(N(C(=O)[C@@H]2CCCO2)[C@H]2CCN(C(=O)[C@@H]3CNC[C@H]3c3ccc(Cl)cc3)C2)CC1. The lowest BCUT2D eigenvalue weighted by Crippen LogP contribution is -2.53. The molecule has 3 aliphatic heterocycles. The van der Waals surface area contributed by atoms with Gasteiger partial charge in [0.15, 0.2) is 0 Å². The van der Waals surface area contributed by atoms with Gasteiger partial charge in [-0.3, -0.25) is 9.59 Å². The number of carbonyl (C=O) groups excluding carboxylic acids is 2. The first kappa shape index (κ1) is 25.0. The molecular weight excluding hydrogens is 462 g/mol. The summed E-state index contributed by atoms with van der Waals surface area (Å²) in [5, 5.41) is 4.14. The largest absolute Gasteiger partial charge is 0.368 e. The third-order valence-corrected chi connectivity index (χ3v) is 9.11. The third-order valence-electron chi connectivity index (χ3n) is 8.86. The van der Waals surface area contributed by atoms with E-state index in [1.165, 1.54) is 0 Å². The van der Waals surface area contributed by atoms with Crippen LogP contribution in [0.25, 0.3) is 0 Å². The third kappa shape index (κ3) is 5.40. The van der Waals surface area contributed by atoms with Crippen molar-refractivity contribution in [1.29, 1.82) is 0 Å². The highest BCUT2D eigenvalue weighted by Gasteiger charge is 2.44. The quantitative estimate of drug-likeness (QED) is 0.656. The molecule has 2 amide bonds. The van der Waals surface area contributed by atoms with Gasteiger partial charge >= 0.3 is 0 Å². The van der Waals surface area contributed by atoms with E-state index in [4.69, 9.17) is 16.3 Å². The fourth-order valence-electron chi connectivity index (χ4n) is 6.66. The monoisotopic (exact) mass is 501 g/mol. The average molecular weight is 502 g/mol. The number of nitrogens with zero attached hydrogens (tertiary/aromatic N) is 2. The Balaban J connectivity index is 1.29. The van der Waals surface area contributed by atoms with Crippen molar-refractivity contribution in [2.24, 2.45) is 11.3 Å². The summed E-state index contributed by atoms with van der Waals surface area (Å²) in [6.45, 7) is 8.20. The molecule has 0 unspecified atom stereocenters. The molecule has 6 nitrogen and oxygen atoms in total. The molecule has 1 N–H and O–H groups in total. The van der Waals surface area contributed by atoms with Crippen molar-refractivity contribution < 1.29 is 14.3 Å². The Morgan fingerprint density at radius 3 is 2.49 bits per heavy atom. The summed E-state index contributed by atoms with van der Waals surface area (Å²) in [7, 11) is 0. The zero-order valence-electron chi connectivity index (χ0n) is 21.2. The average Bonchev–Trinajstić information content (AvgIpc) is 3.62. The highest BCUT2D eigenvalue weighted by Crippen LogP contribution is 2.39. The molecule has 1 aromatic rings. The molecule has 1 aromatic carbocycles. The maximum atomic E-state index is 13.7. The van der Waals surface area contributed by atoms with E-state index in [1.807, 2.05) is 29.2 Å². The smallest absolute Gasteiger partial charge is 0.252 e. The summed E-state index contributed by atoms with van der Waals surface area (Å²) >= 11 is 6.09. The van der Waals surface area contributed by atoms with Crippen molar-refractivity contribution in [3.05, 3.63) is 34.9 Å². The molecule has 0 radical (unpaired) electrons. The van der Waals surface area contributed by atoms with E-state index in [-0.39, 0.29) is 41.8 Å². The Kier molecular flexibility index (Phi) is 7.43. The Labute approximate surface area is 214 Å². The van der Waals surface area contributed by atoms with Crippen LogP contribution in [0.1, 0.15) is 70.3 Å². The van der Waals surface area contributed by atoms with Gasteiger partial charge in [0.1, 0.15) is 6.10 Å². The highest BCUT2D eigenvalue weighted by molar-refractivity contribution is 6.30. The van der Waals surface area contributed by atoms with Gasteiger partial charge < -0.3 is 19.9 Å². The lowest BCUT2D eigenvalue weighted by Gasteiger charge is -2.43. The van der Waals surface area contributed by atoms with Gasteiger partial charge in [-0.1, -0.05) is 37.6 Å². The van der Waals surface area contributed by atoms with Gasteiger partial charge in [-0.2, -0.15) is 0 Å². The molecule has 0 spiro atoms. The number of likely N-dealkylation sites (tertiary alicyclic amines) is 1. The normalized spacial score (nSPS) is 31.1. The van der Waals surface area contributed by atoms with Crippen molar-refractivity contribution >= 4 is 23.4 Å². The highest BCUT2D eigenvalue weighted by atomic mass is 35.5. The molecule has 7 heteroatoms. The minimum atomic E-state index is -0.303. The lowest BCUT2D eigenvalue weighted by molar-refractivity contribution is -0.148. The molecule has 192 valence electrons. The summed E-state index contributed by atoms with van der Waals surface area (Å²) < 4.78 is 5.82. The van der Waals surface area contributed by atoms with Gasteiger partial charge in [0.05, 0.1) is 12.0 Å². The second-order valence-electron chi connectivity index (χ2n) is 11.8. The van der Waals surface area contributed by atoms with Crippen LogP contribution in [0.2, 0.25) is 5.02 Å². The first-order valence-corrected chi connectivity index (χ1v) is 13.9. The summed E-state index contributed by atoms with van der Waals surface area (Å²) in [5.74, 6) is 0.455. The first-order valence-electron chi connectivity index (χ1n) is 13.5. The second-order valence-corrected chi connectivity index (χ2v) is 12.2. The Morgan fingerprint density at radius 2 is 1.80 bits per heavy atom. The number of ether oxygens (including phenoxy) is 1. The summed E-state index contributed by atoms with van der Waals surface area (Å²) in [6.07, 6.45) is 6.69. The minimum absolute atomic E-state index is 0.0762. The van der Waals surface area contributed by atoms with Gasteiger partial charge in [-0.05, 0) is 68.1 Å². The molecule has 4 atom stereocenters. The standard InChI is InChI=1S/C28H40ClN3O3/c1-28(2)12-9-21(10-13-28)32(27(34)25-4-3-15-35-25)22-11-14-31(18-22)26(33)24-17-30-16-23(24)19-5-7-20(29)8-6-19/h5-8,21-25,30H,3-4,9-18H2,1-2H3/t22-,23-,24+,25-/m0/s1. The van der Waals surface area contributed by atoms with Gasteiger partial charge in [-0.25, -0.2) is 0 Å². The second kappa shape index (κ2) is 10.4. The number of halogens is 1. The summed E-state index contributed by atoms with van der Waals surface area (Å²) in [5.41, 5.74) is 1.51. The Hall–Kier alpha value is -1.63. The Morgan fingerprint density at radius 1 is 1.06 bits per heavy atom. The van der Waals surface area contributed by atoms with E-state index in [0.29, 0.717) is 30.1 Å². The fourth-order valence-corrected chi connectivity index (χ4v) is 6.79. The van der Waals surface area contributed by atoms with Gasteiger partial charge in [0, 0.05) is 49.8 Å². The van der Waals surface area contributed by atoms with Crippen LogP contribution in [-0.2, 0) is 14.3 Å². The zero-order chi connectivity index (χ0) is 24.6. The topological polar surface area (TPSA) is 61.9 Å². The van der Waals surface area contributed by atoms with Crippen molar-refractivity contribution in [2.75, 3.05) is 32.8 Å². The van der Waals surface area contributed by atoms with Crippen molar-refractivity contribution in [3.8, 4) is 0 Å². The first-order chi connectivity index (χ1) is 16.8. The summed E-state index contributed by atoms with van der Waals surface area (Å²) in [4.78, 5) is 31.5. The minimum Gasteiger partial charge on any atom is -0.368 e. The number of amides is 2. The number of hydrogen-bond acceptors (Lipinski definition) is 4. The Bertz CT molecular complexity index is 905. The van der Waals surface area contributed by atoms with Crippen LogP contribution < -0.4 is 5.32 Å². The molecular formula is C28H40ClN3O3. The van der Waals surface area contributed by atoms with Crippen LogP contribution in [-0.4, -0.2) is 72.6 Å². The lowest BCUT2D eigenvalue weighted by atomic mass is 9.75. The van der Waals surface area contributed by atoms with Crippen LogP contribution in [0, 0.1) is 11.3 Å². The molecule has 4 aliphatic rings. The fraction of sp³-hybridized carbons (Fsp3) is 0.714. The van der Waals surface area contributed by atoms with E-state index in [2.05, 4.69) is 24.1 Å². The van der Waals surface area contributed by atoms with Gasteiger partial charge in [0.25, 0.3) is 5.91 Å². The van der Waals surface area contributed by atoms with E-state index >= 15 is 0 Å². The molecule has 3 heterocycles. The summed E-state index contributed by atoms with van der Waals surface area (Å²) in [6, 6.07) is 8.24. The molecule has 5 rings (SSSR count). The van der Waals surface area contributed by atoms with Crippen molar-refractivity contribution in [2.45, 2.75) is 82.9 Å². The molecule has 4 fully saturated rings. The van der Waals surface area contributed by atoms with Gasteiger partial charge in [0.2, 0.25) is 5.91 Å². The molecule has 1 saturated carbocycles. The van der Waals surface area contributed by atoms with Crippen LogP contribution in [0.15, 0.2) is 24.3 Å². The molecule has 3 saturated heterocycles. The van der Waals surface area contributed by atoms with Crippen LogP contribution >= 0.6 is 11.6 Å². The van der Waals surface area contributed by atoms with E-state index in [9.17, 15) is 9.59 Å². The molecule has 0 aromatic heterocycles. The van der Waals surface area contributed by atoms with E-state index < -0.39 is 0 Å². The maximum Gasteiger partial charge on any atom is 0.252 e. The zero-order valence-corrected chi connectivity index (χ0v) is 21.9. The number of benzene rings is 1. The van der Waals surface area contributed by atoms with Gasteiger partial charge in [-0.15, -0.1) is 0 Å². The van der Waals surface area contributed by atoms with E-state index in [1.54, 1.807) is 0 Å². The van der Waals surface area contributed by atoms with Crippen molar-refractivity contribution in [3.63, 3.8) is 0 Å². The maximum absolute atomic E-state index is 13.7. The van der Waals surface area contributed by atoms with Crippen LogP contribution in [0.3, 0.4) is 0 Å². The molecule has 35 heavy (non-hydrogen) atoms. The van der Waals surface area contributed by atoms with Crippen LogP contribution in [0.5, 0.6) is 0 Å². The molecule has 1 aliphatic carbocycles. The number of nitrogens with one attached hydrogen (secondary N) is 1. The number of rotatable bonds is 5. The number of carbonyl (C=O) groups is 2. The van der Waals surface area contributed by atoms with Crippen LogP contribution in [0.4, 0.5) is 0 Å². The molecule has 0 bridgehead atoms. The predicted octanol–water partition coefficient (Wildman–Crippen LogP) is 4.22. The number of hydrogen-bond donors (Lipinski definition) is 1.